The van der Waals surface area contributed by atoms with Gasteiger partial charge in [-0.15, -0.1) is 0 Å². The lowest BCUT2D eigenvalue weighted by Crippen LogP contribution is -2.48. The third kappa shape index (κ3) is 1.79. The molecule has 70 valence electrons. The molecule has 0 aliphatic heterocycles. The van der Waals surface area contributed by atoms with E-state index in [4.69, 9.17) is 10.8 Å². The molecule has 12 heavy (non-hydrogen) atoms. The van der Waals surface area contributed by atoms with Crippen LogP contribution in [0.25, 0.3) is 0 Å². The van der Waals surface area contributed by atoms with E-state index in [1.165, 1.54) is 6.42 Å². The standard InChI is InChI=1S/C9H18N2O/c10-6-1-2-7(3-6)11-8-4-9(12)5-8/h6-9,11-12H,1-5,10H2. The van der Waals surface area contributed by atoms with Crippen molar-refractivity contribution in [3.63, 3.8) is 0 Å². The van der Waals surface area contributed by atoms with Crippen molar-refractivity contribution in [1.29, 1.82) is 0 Å². The molecule has 2 fully saturated rings. The maximum absolute atomic E-state index is 9.08. The molecule has 2 unspecified atom stereocenters. The average molecular weight is 170 g/mol. The van der Waals surface area contributed by atoms with E-state index in [0.29, 0.717) is 18.1 Å². The van der Waals surface area contributed by atoms with Crippen LogP contribution in [0.2, 0.25) is 0 Å². The lowest BCUT2D eigenvalue weighted by atomic mass is 9.89. The minimum Gasteiger partial charge on any atom is -0.393 e. The molecule has 0 radical (unpaired) electrons. The van der Waals surface area contributed by atoms with Gasteiger partial charge in [-0.1, -0.05) is 0 Å². The Balaban J connectivity index is 1.67. The van der Waals surface area contributed by atoms with E-state index in [1.807, 2.05) is 0 Å². The monoisotopic (exact) mass is 170 g/mol. The third-order valence-corrected chi connectivity index (χ3v) is 3.06. The largest absolute Gasteiger partial charge is 0.393 e. The number of hydrogen-bond acceptors (Lipinski definition) is 3. The van der Waals surface area contributed by atoms with Crippen molar-refractivity contribution in [3.05, 3.63) is 0 Å². The Morgan fingerprint density at radius 3 is 2.33 bits per heavy atom. The predicted molar refractivity (Wildman–Crippen MR) is 47.8 cm³/mol. The van der Waals surface area contributed by atoms with E-state index >= 15 is 0 Å². The van der Waals surface area contributed by atoms with Crippen molar-refractivity contribution in [3.8, 4) is 0 Å². The van der Waals surface area contributed by atoms with E-state index in [1.54, 1.807) is 0 Å². The summed E-state index contributed by atoms with van der Waals surface area (Å²) in [6.45, 7) is 0. The molecule has 0 aromatic rings. The summed E-state index contributed by atoms with van der Waals surface area (Å²) in [5.41, 5.74) is 5.80. The summed E-state index contributed by atoms with van der Waals surface area (Å²) in [6, 6.07) is 1.60. The molecule has 0 heterocycles. The van der Waals surface area contributed by atoms with Crippen LogP contribution in [-0.4, -0.2) is 29.3 Å². The lowest BCUT2D eigenvalue weighted by molar-refractivity contribution is 0.0580. The van der Waals surface area contributed by atoms with E-state index in [0.717, 1.165) is 25.7 Å². The van der Waals surface area contributed by atoms with Crippen molar-refractivity contribution < 1.29 is 5.11 Å². The normalized spacial score (nSPS) is 47.5. The lowest BCUT2D eigenvalue weighted by Gasteiger charge is -2.34. The summed E-state index contributed by atoms with van der Waals surface area (Å²) in [4.78, 5) is 0. The quantitative estimate of drug-likeness (QED) is 0.546. The summed E-state index contributed by atoms with van der Waals surface area (Å²) in [6.07, 6.45) is 5.32. The van der Waals surface area contributed by atoms with E-state index in [9.17, 15) is 0 Å². The molecule has 3 nitrogen and oxygen atoms in total. The van der Waals surface area contributed by atoms with Crippen LogP contribution >= 0.6 is 0 Å². The summed E-state index contributed by atoms with van der Waals surface area (Å²) in [7, 11) is 0. The molecule has 0 spiro atoms. The highest BCUT2D eigenvalue weighted by Gasteiger charge is 2.31. The van der Waals surface area contributed by atoms with Gasteiger partial charge in [-0.2, -0.15) is 0 Å². The van der Waals surface area contributed by atoms with Gasteiger partial charge < -0.3 is 16.2 Å². The molecule has 0 saturated heterocycles. The highest BCUT2D eigenvalue weighted by molar-refractivity contribution is 4.90. The Hall–Kier alpha value is -0.120. The second-order valence-corrected chi connectivity index (χ2v) is 4.26. The molecule has 2 rings (SSSR count). The summed E-state index contributed by atoms with van der Waals surface area (Å²) < 4.78 is 0. The fourth-order valence-corrected chi connectivity index (χ4v) is 2.23. The maximum Gasteiger partial charge on any atom is 0.0570 e. The molecule has 0 bridgehead atoms. The highest BCUT2D eigenvalue weighted by atomic mass is 16.3. The predicted octanol–water partition coefficient (Wildman–Crippen LogP) is -0.0209. The second kappa shape index (κ2) is 3.32. The van der Waals surface area contributed by atoms with E-state index in [2.05, 4.69) is 5.32 Å². The molecule has 3 heteroatoms. The molecule has 0 aromatic carbocycles. The zero-order valence-electron chi connectivity index (χ0n) is 7.37. The highest BCUT2D eigenvalue weighted by Crippen LogP contribution is 2.24. The first kappa shape index (κ1) is 8.48. The van der Waals surface area contributed by atoms with Gasteiger partial charge in [-0.25, -0.2) is 0 Å². The van der Waals surface area contributed by atoms with Gasteiger partial charge in [0, 0.05) is 18.1 Å². The molecule has 2 atom stereocenters. The minimum atomic E-state index is -0.0439. The molecule has 4 N–H and O–H groups in total. The van der Waals surface area contributed by atoms with Gasteiger partial charge in [0.2, 0.25) is 0 Å². The first-order chi connectivity index (χ1) is 5.74. The van der Waals surface area contributed by atoms with Crippen LogP contribution in [0.4, 0.5) is 0 Å². The van der Waals surface area contributed by atoms with E-state index < -0.39 is 0 Å². The van der Waals surface area contributed by atoms with Crippen molar-refractivity contribution in [2.24, 2.45) is 5.73 Å². The molecule has 2 aliphatic carbocycles. The zero-order valence-corrected chi connectivity index (χ0v) is 7.37. The van der Waals surface area contributed by atoms with E-state index in [-0.39, 0.29) is 6.10 Å². The SMILES string of the molecule is NC1CCC(NC2CC(O)C2)C1. The van der Waals surface area contributed by atoms with Crippen LogP contribution in [0.1, 0.15) is 32.1 Å². The number of nitrogens with one attached hydrogen (secondary N) is 1. The smallest absolute Gasteiger partial charge is 0.0570 e. The van der Waals surface area contributed by atoms with Crippen LogP contribution < -0.4 is 11.1 Å². The van der Waals surface area contributed by atoms with Crippen LogP contribution in [0, 0.1) is 0 Å². The Morgan fingerprint density at radius 2 is 1.83 bits per heavy atom. The van der Waals surface area contributed by atoms with Crippen molar-refractivity contribution in [2.45, 2.75) is 56.3 Å². The Bertz CT molecular complexity index is 157. The zero-order chi connectivity index (χ0) is 8.55. The van der Waals surface area contributed by atoms with Gasteiger partial charge in [0.05, 0.1) is 6.10 Å². The van der Waals surface area contributed by atoms with Gasteiger partial charge in [-0.05, 0) is 32.1 Å². The summed E-state index contributed by atoms with van der Waals surface area (Å²) >= 11 is 0. The second-order valence-electron chi connectivity index (χ2n) is 4.26. The number of aliphatic hydroxyl groups excluding tert-OH is 1. The van der Waals surface area contributed by atoms with Crippen molar-refractivity contribution >= 4 is 0 Å². The van der Waals surface area contributed by atoms with Gasteiger partial charge in [0.15, 0.2) is 0 Å². The number of hydrogen-bond donors (Lipinski definition) is 3. The van der Waals surface area contributed by atoms with Gasteiger partial charge in [-0.3, -0.25) is 0 Å². The Kier molecular flexibility index (Phi) is 2.35. The van der Waals surface area contributed by atoms with Gasteiger partial charge in [0.25, 0.3) is 0 Å². The first-order valence-electron chi connectivity index (χ1n) is 4.93. The Labute approximate surface area is 73.3 Å². The molecule has 2 saturated carbocycles. The number of nitrogens with two attached hydrogens (primary N) is 1. The topological polar surface area (TPSA) is 58.3 Å². The Morgan fingerprint density at radius 1 is 1.08 bits per heavy atom. The number of rotatable bonds is 2. The molecule has 0 amide bonds. The van der Waals surface area contributed by atoms with Crippen molar-refractivity contribution in [2.75, 3.05) is 0 Å². The average Bonchev–Trinajstić information content (AvgIpc) is 2.33. The summed E-state index contributed by atoms with van der Waals surface area (Å²) in [5, 5.41) is 12.6. The molecular weight excluding hydrogens is 152 g/mol. The van der Waals surface area contributed by atoms with Crippen LogP contribution in [0.5, 0.6) is 0 Å². The molecule has 2 aliphatic rings. The van der Waals surface area contributed by atoms with Crippen LogP contribution in [0.3, 0.4) is 0 Å². The van der Waals surface area contributed by atoms with Crippen LogP contribution in [-0.2, 0) is 0 Å². The molecule has 0 aromatic heterocycles. The summed E-state index contributed by atoms with van der Waals surface area (Å²) in [5.74, 6) is 0. The third-order valence-electron chi connectivity index (χ3n) is 3.06. The minimum absolute atomic E-state index is 0.0439. The van der Waals surface area contributed by atoms with Gasteiger partial charge >= 0.3 is 0 Å². The van der Waals surface area contributed by atoms with Crippen molar-refractivity contribution in [1.82, 2.24) is 5.32 Å². The van der Waals surface area contributed by atoms with Crippen LogP contribution in [0.15, 0.2) is 0 Å². The number of aliphatic hydroxyl groups is 1. The first-order valence-corrected chi connectivity index (χ1v) is 4.93. The molecular formula is C9H18N2O. The fourth-order valence-electron chi connectivity index (χ4n) is 2.23. The maximum atomic E-state index is 9.08. The fraction of sp³-hybridized carbons (Fsp3) is 1.00. The van der Waals surface area contributed by atoms with Gasteiger partial charge in [0.1, 0.15) is 0 Å².